The normalized spacial score (nSPS) is 17.9. The second kappa shape index (κ2) is 20.7. The van der Waals surface area contributed by atoms with Crippen LogP contribution in [0.3, 0.4) is 0 Å². The maximum atomic E-state index is 13.8. The Morgan fingerprint density at radius 3 is 1.96 bits per heavy atom. The van der Waals surface area contributed by atoms with Gasteiger partial charge in [0.05, 0.1) is 49.4 Å². The number of amides is 4. The number of alkyl carbamates (subject to hydrolysis) is 2. The Labute approximate surface area is 414 Å². The predicted octanol–water partition coefficient (Wildman–Crippen LogP) is 9.49. The fourth-order valence-electron chi connectivity index (χ4n) is 11.6. The fourth-order valence-corrected chi connectivity index (χ4v) is 11.6. The lowest BCUT2D eigenvalue weighted by Crippen LogP contribution is -2.51. The Kier molecular flexibility index (Phi) is 14.3. The molecule has 6 aromatic rings. The number of nitrogens with one attached hydrogen (secondary N) is 4. The van der Waals surface area contributed by atoms with Gasteiger partial charge in [-0.25, -0.2) is 19.6 Å². The summed E-state index contributed by atoms with van der Waals surface area (Å²) in [5, 5.41) is 8.24. The van der Waals surface area contributed by atoms with Gasteiger partial charge in [0, 0.05) is 25.2 Å². The molecule has 2 aliphatic heterocycles. The van der Waals surface area contributed by atoms with Crippen LogP contribution in [-0.2, 0) is 31.9 Å². The zero-order chi connectivity index (χ0) is 50.0. The summed E-state index contributed by atoms with van der Waals surface area (Å²) in [5.74, 6) is 0.578. The van der Waals surface area contributed by atoms with Crippen molar-refractivity contribution >= 4 is 45.7 Å². The highest BCUT2D eigenvalue weighted by Gasteiger charge is 2.42. The highest BCUT2D eigenvalue weighted by Crippen LogP contribution is 2.54. The summed E-state index contributed by atoms with van der Waals surface area (Å²) in [6.07, 6.45) is 13.1. The number of H-pyrrole nitrogens is 2. The first-order valence-electron chi connectivity index (χ1n) is 25.3. The molecule has 2 aromatic heterocycles. The number of rotatable bonds is 10. The van der Waals surface area contributed by atoms with Gasteiger partial charge in [0.25, 0.3) is 5.56 Å². The number of carbonyl (C=O) groups is 4. The predicted molar refractivity (Wildman–Crippen MR) is 274 cm³/mol. The zero-order valence-corrected chi connectivity index (χ0v) is 41.7. The molecular formula is C56H66N8O7. The molecule has 1 saturated carbocycles. The van der Waals surface area contributed by atoms with Crippen LogP contribution in [0, 0.1) is 17.3 Å². The molecule has 4 N–H and O–H groups in total. The topological polar surface area (TPSA) is 192 Å². The van der Waals surface area contributed by atoms with E-state index in [9.17, 15) is 24.0 Å². The zero-order valence-electron chi connectivity index (χ0n) is 41.7. The average Bonchev–Trinajstić information content (AvgIpc) is 4.25. The van der Waals surface area contributed by atoms with Crippen LogP contribution >= 0.6 is 0 Å². The second-order valence-electron chi connectivity index (χ2n) is 20.5. The van der Waals surface area contributed by atoms with Crippen LogP contribution in [-0.4, -0.2) is 99.7 Å². The van der Waals surface area contributed by atoms with Gasteiger partial charge in [0.15, 0.2) is 0 Å². The molecule has 4 aliphatic rings. The van der Waals surface area contributed by atoms with Crippen molar-refractivity contribution in [2.45, 2.75) is 110 Å². The molecule has 1 spiro atoms. The van der Waals surface area contributed by atoms with Crippen molar-refractivity contribution in [2.75, 3.05) is 33.9 Å². The first kappa shape index (κ1) is 49.0. The molecule has 4 heterocycles. The van der Waals surface area contributed by atoms with E-state index in [-0.39, 0.29) is 40.7 Å². The molecular weight excluding hydrogens is 897 g/mol. The van der Waals surface area contributed by atoms with Crippen molar-refractivity contribution in [3.05, 3.63) is 107 Å². The van der Waals surface area contributed by atoms with Crippen molar-refractivity contribution in [3.63, 3.8) is 0 Å². The molecule has 0 radical (unpaired) electrons. The van der Waals surface area contributed by atoms with E-state index >= 15 is 0 Å². The van der Waals surface area contributed by atoms with Gasteiger partial charge in [-0.05, 0) is 125 Å². The van der Waals surface area contributed by atoms with Gasteiger partial charge in [-0.15, -0.1) is 0 Å². The molecule has 2 aliphatic carbocycles. The van der Waals surface area contributed by atoms with E-state index < -0.39 is 24.3 Å². The van der Waals surface area contributed by atoms with Crippen LogP contribution in [0.25, 0.3) is 55.2 Å². The summed E-state index contributed by atoms with van der Waals surface area (Å²) in [6, 6.07) is 22.3. The Bertz CT molecular complexity index is 3020. The van der Waals surface area contributed by atoms with Gasteiger partial charge in [0.2, 0.25) is 11.8 Å². The summed E-state index contributed by atoms with van der Waals surface area (Å²) in [6.45, 7) is 9.86. The maximum Gasteiger partial charge on any atom is 0.407 e. The third-order valence-corrected chi connectivity index (χ3v) is 15.3. The molecule has 372 valence electrons. The van der Waals surface area contributed by atoms with Crippen LogP contribution < -0.4 is 16.2 Å². The van der Waals surface area contributed by atoms with E-state index in [1.54, 1.807) is 4.90 Å². The van der Waals surface area contributed by atoms with Crippen molar-refractivity contribution in [3.8, 4) is 33.5 Å². The van der Waals surface area contributed by atoms with E-state index in [4.69, 9.17) is 9.72 Å². The molecule has 4 amide bonds. The smallest absolute Gasteiger partial charge is 0.407 e. The third-order valence-electron chi connectivity index (χ3n) is 15.3. The quantitative estimate of drug-likeness (QED) is 0.104. The number of hydrogen-bond acceptors (Lipinski definition) is 9. The van der Waals surface area contributed by atoms with Gasteiger partial charge in [0.1, 0.15) is 17.9 Å². The van der Waals surface area contributed by atoms with Gasteiger partial charge in [-0.3, -0.25) is 14.4 Å². The largest absolute Gasteiger partial charge is 0.453 e. The summed E-state index contributed by atoms with van der Waals surface area (Å²) in [4.78, 5) is 81.1. The molecule has 10 rings (SSSR count). The standard InChI is InChI=1S/C45H46N6O4.C11H20N2O3/c1-26(2)40(50-44(54)55-3)43(53)51-20-8-11-39(51)41-46-24-38(49-41)33-16-15-31(29-9-4-5-10-30(29)33)32-14-13-28(35-22-45(23-36(32)35)18-6-7-19-45)27-12-17-37-34(21-27)42(52)48-25-47-37;1-8(2)9(12-11(15)16-3)10(14)13-6-4-5-7-13/h4-5,9-10,12-17,21,24-26,39-40H,6-8,11,18-20,22-23H2,1-3H3,(H,46,49)(H,50,54)(H,47,48,52);8-9H,4-7H2,1-3H3,(H,12,15). The molecule has 3 unspecified atom stereocenters. The number of methoxy groups -OCH3 is 2. The molecule has 71 heavy (non-hydrogen) atoms. The van der Waals surface area contributed by atoms with Crippen LogP contribution in [0.4, 0.5) is 9.59 Å². The minimum atomic E-state index is -0.688. The van der Waals surface area contributed by atoms with E-state index in [1.165, 1.54) is 79.4 Å². The monoisotopic (exact) mass is 963 g/mol. The SMILES string of the molecule is COC(=O)NC(C(=O)N1CCCC1)C(C)C.COC(=O)NC(C(=O)N1CCCC1c1ncc(-c2ccc(-c3ccc(-c4ccc5nc[nH]c(=O)c5c4)c4c3CC3(CCCC3)C4)c3ccccc23)[nH]1)C(C)C. The number of nitrogens with zero attached hydrogens (tertiary/aromatic N) is 4. The number of imidazole rings is 1. The number of aromatic nitrogens is 4. The Morgan fingerprint density at radius 2 is 1.30 bits per heavy atom. The number of ether oxygens (including phenoxy) is 2. The minimum absolute atomic E-state index is 0.00194. The minimum Gasteiger partial charge on any atom is -0.453 e. The van der Waals surface area contributed by atoms with Crippen molar-refractivity contribution in [1.29, 1.82) is 0 Å². The number of fused-ring (bicyclic) bond motifs is 3. The van der Waals surface area contributed by atoms with Crippen molar-refractivity contribution in [1.82, 2.24) is 40.4 Å². The first-order valence-corrected chi connectivity index (χ1v) is 25.3. The highest BCUT2D eigenvalue weighted by atomic mass is 16.5. The van der Waals surface area contributed by atoms with Crippen LogP contribution in [0.15, 0.2) is 84.0 Å². The molecule has 15 heteroatoms. The van der Waals surface area contributed by atoms with Crippen molar-refractivity contribution in [2.24, 2.45) is 17.3 Å². The maximum absolute atomic E-state index is 13.8. The lowest BCUT2D eigenvalue weighted by Gasteiger charge is -2.30. The Balaban J connectivity index is 0.000000334. The van der Waals surface area contributed by atoms with Gasteiger partial charge in [-0.1, -0.05) is 95.1 Å². The van der Waals surface area contributed by atoms with Crippen LogP contribution in [0.1, 0.15) is 102 Å². The van der Waals surface area contributed by atoms with Crippen molar-refractivity contribution < 1.29 is 28.7 Å². The first-order chi connectivity index (χ1) is 34.3. The van der Waals surface area contributed by atoms with E-state index in [0.717, 1.165) is 79.6 Å². The third kappa shape index (κ3) is 9.87. The number of hydrogen-bond donors (Lipinski definition) is 4. The summed E-state index contributed by atoms with van der Waals surface area (Å²) in [5.41, 5.74) is 10.4. The van der Waals surface area contributed by atoms with E-state index in [2.05, 4.69) is 84.9 Å². The Hall–Kier alpha value is -7.03. The second-order valence-corrected chi connectivity index (χ2v) is 20.5. The molecule has 3 fully saturated rings. The van der Waals surface area contributed by atoms with Gasteiger partial charge < -0.3 is 39.9 Å². The lowest BCUT2D eigenvalue weighted by atomic mass is 9.82. The number of carbonyl (C=O) groups excluding carboxylic acids is 4. The number of likely N-dealkylation sites (tertiary alicyclic amines) is 2. The highest BCUT2D eigenvalue weighted by molar-refractivity contribution is 6.05. The average molecular weight is 963 g/mol. The summed E-state index contributed by atoms with van der Waals surface area (Å²) < 4.78 is 9.33. The fraction of sp³-hybridized carbons (Fsp3) is 0.446. The Morgan fingerprint density at radius 1 is 0.690 bits per heavy atom. The molecule has 2 saturated heterocycles. The molecule has 0 bridgehead atoms. The molecule has 4 aromatic carbocycles. The van der Waals surface area contributed by atoms with Crippen LogP contribution in [0.2, 0.25) is 0 Å². The molecule has 15 nitrogen and oxygen atoms in total. The van der Waals surface area contributed by atoms with E-state index in [0.29, 0.717) is 17.4 Å². The molecule has 3 atom stereocenters. The van der Waals surface area contributed by atoms with Gasteiger partial charge >= 0.3 is 12.2 Å². The lowest BCUT2D eigenvalue weighted by molar-refractivity contribution is -0.135. The van der Waals surface area contributed by atoms with E-state index in [1.807, 2.05) is 50.9 Å². The van der Waals surface area contributed by atoms with Gasteiger partial charge in [-0.2, -0.15) is 0 Å². The number of benzene rings is 4. The van der Waals surface area contributed by atoms with Crippen LogP contribution in [0.5, 0.6) is 0 Å². The number of aromatic amines is 2. The summed E-state index contributed by atoms with van der Waals surface area (Å²) in [7, 11) is 2.60. The summed E-state index contributed by atoms with van der Waals surface area (Å²) >= 11 is 0.